The molecular weight excluding hydrogens is 466 g/mol. The van der Waals surface area contributed by atoms with Crippen molar-refractivity contribution in [1.82, 2.24) is 4.98 Å². The van der Waals surface area contributed by atoms with Crippen molar-refractivity contribution in [2.24, 2.45) is 10.2 Å². The number of nitrogens with zero attached hydrogens (tertiary/aromatic N) is 3. The van der Waals surface area contributed by atoms with Crippen LogP contribution in [-0.4, -0.2) is 39.7 Å². The Morgan fingerprint density at radius 3 is 2.29 bits per heavy atom. The van der Waals surface area contributed by atoms with Crippen molar-refractivity contribution in [3.63, 3.8) is 0 Å². The fourth-order valence-electron chi connectivity index (χ4n) is 3.00. The van der Waals surface area contributed by atoms with Crippen LogP contribution in [0.3, 0.4) is 0 Å². The van der Waals surface area contributed by atoms with Gasteiger partial charge in [-0.2, -0.15) is 13.5 Å². The molecule has 0 spiro atoms. The van der Waals surface area contributed by atoms with E-state index in [4.69, 9.17) is 33.7 Å². The number of ether oxygens (including phenoxy) is 1. The number of aromatic nitrogens is 1. The van der Waals surface area contributed by atoms with Gasteiger partial charge in [-0.15, -0.1) is 5.11 Å². The Morgan fingerprint density at radius 1 is 0.941 bits per heavy atom. The smallest absolute Gasteiger partial charge is 0.394 e. The van der Waals surface area contributed by atoms with Crippen LogP contribution in [0.4, 0.5) is 22.7 Å². The molecule has 0 amide bonds. The first-order valence-electron chi connectivity index (χ1n) is 9.51. The number of anilines is 2. The quantitative estimate of drug-likeness (QED) is 0.122. The number of pyridine rings is 1. The Bertz CT molecular complexity index is 1450. The van der Waals surface area contributed by atoms with Gasteiger partial charge in [-0.05, 0) is 55.5 Å². The molecule has 0 saturated carbocycles. The van der Waals surface area contributed by atoms with Gasteiger partial charge in [-0.25, -0.2) is 4.98 Å². The summed E-state index contributed by atoms with van der Waals surface area (Å²) in [5.41, 5.74) is 15.5. The SMILES string of the molecule is CCOc1ccc2nc3cc(N=Nc4ccc(N)cc4O)ccc3c(N)c2c1.O.O=S(=O)(O)O. The summed E-state index contributed by atoms with van der Waals surface area (Å²) in [5.74, 6) is 0.736. The number of phenolic OH excluding ortho intramolecular Hbond substituents is 1. The zero-order valence-electron chi connectivity index (χ0n) is 17.9. The lowest BCUT2D eigenvalue weighted by molar-refractivity contribution is 0.340. The normalized spacial score (nSPS) is 11.1. The second-order valence-corrected chi connectivity index (χ2v) is 7.63. The van der Waals surface area contributed by atoms with Crippen LogP contribution in [-0.2, 0) is 10.4 Å². The van der Waals surface area contributed by atoms with Gasteiger partial charge in [0.2, 0.25) is 0 Å². The molecule has 180 valence electrons. The largest absolute Gasteiger partial charge is 0.506 e. The summed E-state index contributed by atoms with van der Waals surface area (Å²) in [6, 6.07) is 15.8. The summed E-state index contributed by atoms with van der Waals surface area (Å²) in [6.07, 6.45) is 0. The third-order valence-corrected chi connectivity index (χ3v) is 4.35. The van der Waals surface area contributed by atoms with Crippen molar-refractivity contribution < 1.29 is 32.8 Å². The number of hydrogen-bond acceptors (Lipinski definition) is 9. The van der Waals surface area contributed by atoms with E-state index in [-0.39, 0.29) is 11.2 Å². The van der Waals surface area contributed by atoms with E-state index in [0.29, 0.717) is 34.9 Å². The first-order chi connectivity index (χ1) is 15.5. The second kappa shape index (κ2) is 10.7. The van der Waals surface area contributed by atoms with E-state index in [1.165, 1.54) is 6.07 Å². The fraction of sp³-hybridized carbons (Fsp3) is 0.0952. The minimum Gasteiger partial charge on any atom is -0.506 e. The van der Waals surface area contributed by atoms with Crippen molar-refractivity contribution in [3.05, 3.63) is 54.6 Å². The molecule has 4 aromatic rings. The number of aromatic hydroxyl groups is 1. The molecule has 0 atom stereocenters. The maximum atomic E-state index is 9.88. The van der Waals surface area contributed by atoms with Gasteiger partial charge >= 0.3 is 10.4 Å². The van der Waals surface area contributed by atoms with Crippen molar-refractivity contribution >= 4 is 55.0 Å². The standard InChI is InChI=1S/C21H19N5O2.H2O4S.H2O/c1-2-28-14-5-8-17-16(11-14)21(23)15-6-4-13(10-19(15)24-17)25-26-18-7-3-12(22)9-20(18)27;1-5(2,3)4;/h3-11,27H,2,22H2,1H3,(H2,23,24);(H2,1,2,3,4);1H2. The zero-order chi connectivity index (χ0) is 24.2. The van der Waals surface area contributed by atoms with Gasteiger partial charge < -0.3 is 26.8 Å². The minimum absolute atomic E-state index is 0. The van der Waals surface area contributed by atoms with Crippen LogP contribution in [0.25, 0.3) is 21.8 Å². The molecule has 0 bridgehead atoms. The average molecular weight is 490 g/mol. The highest BCUT2D eigenvalue weighted by Crippen LogP contribution is 2.34. The van der Waals surface area contributed by atoms with Crippen LogP contribution in [0.1, 0.15) is 6.92 Å². The molecule has 0 aliphatic carbocycles. The molecule has 0 radical (unpaired) electrons. The van der Waals surface area contributed by atoms with Gasteiger partial charge in [0.1, 0.15) is 17.2 Å². The molecule has 0 unspecified atom stereocenters. The molecule has 34 heavy (non-hydrogen) atoms. The van der Waals surface area contributed by atoms with Gasteiger partial charge in [-0.1, -0.05) is 0 Å². The monoisotopic (exact) mass is 489 g/mol. The molecule has 0 saturated heterocycles. The molecule has 1 aromatic heterocycles. The lowest BCUT2D eigenvalue weighted by Gasteiger charge is -2.09. The molecule has 1 heterocycles. The minimum atomic E-state index is -4.67. The second-order valence-electron chi connectivity index (χ2n) is 6.73. The predicted octanol–water partition coefficient (Wildman–Crippen LogP) is 3.59. The van der Waals surface area contributed by atoms with Crippen molar-refractivity contribution in [2.75, 3.05) is 18.1 Å². The summed E-state index contributed by atoms with van der Waals surface area (Å²) in [6.45, 7) is 2.52. The fourth-order valence-corrected chi connectivity index (χ4v) is 3.00. The first-order valence-corrected chi connectivity index (χ1v) is 10.9. The lowest BCUT2D eigenvalue weighted by Crippen LogP contribution is -1.95. The summed E-state index contributed by atoms with van der Waals surface area (Å²) in [7, 11) is -4.67. The van der Waals surface area contributed by atoms with Crippen molar-refractivity contribution in [2.45, 2.75) is 6.92 Å². The first kappa shape index (κ1) is 26.2. The van der Waals surface area contributed by atoms with Gasteiger partial charge in [0.05, 0.1) is 29.0 Å². The average Bonchev–Trinajstić information content (AvgIpc) is 2.73. The van der Waals surface area contributed by atoms with E-state index in [1.807, 2.05) is 31.2 Å². The van der Waals surface area contributed by atoms with E-state index < -0.39 is 10.4 Å². The van der Waals surface area contributed by atoms with E-state index in [1.54, 1.807) is 24.3 Å². The number of hydrogen-bond donors (Lipinski definition) is 5. The molecule has 4 rings (SSSR count). The van der Waals surface area contributed by atoms with Crippen LogP contribution >= 0.6 is 0 Å². The van der Waals surface area contributed by atoms with Crippen LogP contribution in [0, 0.1) is 0 Å². The molecular formula is C21H23N5O7S. The number of fused-ring (bicyclic) bond motifs is 2. The number of benzene rings is 3. The highest BCUT2D eigenvalue weighted by atomic mass is 32.3. The number of rotatable bonds is 4. The van der Waals surface area contributed by atoms with Crippen LogP contribution in [0.15, 0.2) is 64.8 Å². The van der Waals surface area contributed by atoms with E-state index in [0.717, 1.165) is 22.0 Å². The Labute approximate surface area is 194 Å². The van der Waals surface area contributed by atoms with Crippen molar-refractivity contribution in [1.29, 1.82) is 0 Å². The number of azo groups is 1. The van der Waals surface area contributed by atoms with E-state index in [9.17, 15) is 5.11 Å². The van der Waals surface area contributed by atoms with Gasteiger partial charge in [0.15, 0.2) is 0 Å². The highest BCUT2D eigenvalue weighted by Gasteiger charge is 2.09. The summed E-state index contributed by atoms with van der Waals surface area (Å²) in [5, 5.41) is 19.8. The van der Waals surface area contributed by atoms with Crippen LogP contribution in [0.5, 0.6) is 11.5 Å². The van der Waals surface area contributed by atoms with Gasteiger partial charge in [0, 0.05) is 22.5 Å². The lowest BCUT2D eigenvalue weighted by atomic mass is 10.1. The Hall–Kier alpha value is -4.04. The third-order valence-electron chi connectivity index (χ3n) is 4.35. The summed E-state index contributed by atoms with van der Waals surface area (Å²) < 4.78 is 37.1. The van der Waals surface area contributed by atoms with Crippen LogP contribution < -0.4 is 16.2 Å². The van der Waals surface area contributed by atoms with Gasteiger partial charge in [-0.3, -0.25) is 9.11 Å². The third kappa shape index (κ3) is 6.73. The maximum absolute atomic E-state index is 9.88. The molecule has 0 aliphatic heterocycles. The molecule has 3 aromatic carbocycles. The Balaban J connectivity index is 0.000000619. The Kier molecular flexibility index (Phi) is 8.26. The highest BCUT2D eigenvalue weighted by molar-refractivity contribution is 7.79. The molecule has 0 aliphatic rings. The molecule has 0 fully saturated rings. The number of nitrogen functional groups attached to an aromatic ring is 2. The zero-order valence-corrected chi connectivity index (χ0v) is 18.7. The molecule has 9 N–H and O–H groups in total. The topological polar surface area (TPSA) is 225 Å². The molecule has 12 nitrogen and oxygen atoms in total. The van der Waals surface area contributed by atoms with E-state index in [2.05, 4.69) is 15.2 Å². The summed E-state index contributed by atoms with van der Waals surface area (Å²) in [4.78, 5) is 4.68. The number of nitrogens with two attached hydrogens (primary N) is 2. The number of phenols is 1. The summed E-state index contributed by atoms with van der Waals surface area (Å²) >= 11 is 0. The van der Waals surface area contributed by atoms with Gasteiger partial charge in [0.25, 0.3) is 0 Å². The van der Waals surface area contributed by atoms with Crippen LogP contribution in [0.2, 0.25) is 0 Å². The maximum Gasteiger partial charge on any atom is 0.394 e. The Morgan fingerprint density at radius 2 is 1.65 bits per heavy atom. The molecule has 13 heteroatoms. The van der Waals surface area contributed by atoms with E-state index >= 15 is 0 Å². The van der Waals surface area contributed by atoms with Crippen molar-refractivity contribution in [3.8, 4) is 11.5 Å². The predicted molar refractivity (Wildman–Crippen MR) is 129 cm³/mol.